The van der Waals surface area contributed by atoms with Gasteiger partial charge >= 0.3 is 0 Å². The van der Waals surface area contributed by atoms with Crippen LogP contribution < -0.4 is 5.32 Å². The van der Waals surface area contributed by atoms with E-state index in [1.807, 2.05) is 0 Å². The van der Waals surface area contributed by atoms with E-state index in [0.29, 0.717) is 0 Å². The third-order valence-corrected chi connectivity index (χ3v) is 8.87. The number of hydrogen-bond acceptors (Lipinski definition) is 2. The van der Waals surface area contributed by atoms with Gasteiger partial charge in [0.2, 0.25) is 0 Å². The molecule has 0 amide bonds. The summed E-state index contributed by atoms with van der Waals surface area (Å²) in [5.74, 6) is 0. The van der Waals surface area contributed by atoms with Gasteiger partial charge in [0.1, 0.15) is 0 Å². The van der Waals surface area contributed by atoms with Gasteiger partial charge < -0.3 is 5.32 Å². The SMILES string of the molecule is C=C.C=C(CCC(CCC)(CCCCc1ccccc1C)c1ccc(C2=CCCC(C#N)=C2)cc1)Nc1cc(C)cc(C)c1. The zero-order valence-corrected chi connectivity index (χ0v) is 27.6. The Kier molecular flexibility index (Phi) is 13.5. The lowest BCUT2D eigenvalue weighted by Gasteiger charge is -2.36. The molecule has 0 saturated carbocycles. The van der Waals surface area contributed by atoms with E-state index in [1.165, 1.54) is 58.2 Å². The lowest BCUT2D eigenvalue weighted by molar-refractivity contribution is 0.322. The van der Waals surface area contributed by atoms with Crippen LogP contribution in [0.4, 0.5) is 5.69 Å². The Hall–Kier alpha value is -4.09. The molecule has 0 heterocycles. The van der Waals surface area contributed by atoms with E-state index in [4.69, 9.17) is 0 Å². The van der Waals surface area contributed by atoms with Gasteiger partial charge in [-0.3, -0.25) is 0 Å². The van der Waals surface area contributed by atoms with Crippen LogP contribution in [0.25, 0.3) is 5.57 Å². The molecule has 0 saturated heterocycles. The molecular formula is C42H52N2. The highest BCUT2D eigenvalue weighted by Crippen LogP contribution is 2.41. The van der Waals surface area contributed by atoms with E-state index in [1.54, 1.807) is 0 Å². The Morgan fingerprint density at radius 3 is 2.27 bits per heavy atom. The van der Waals surface area contributed by atoms with Crippen molar-refractivity contribution in [3.05, 3.63) is 143 Å². The number of nitrogens with one attached hydrogen (secondary N) is 1. The normalized spacial score (nSPS) is 13.8. The van der Waals surface area contributed by atoms with Crippen molar-refractivity contribution >= 4 is 11.3 Å². The monoisotopic (exact) mass is 584 g/mol. The fourth-order valence-electron chi connectivity index (χ4n) is 6.67. The van der Waals surface area contributed by atoms with Crippen LogP contribution in [0, 0.1) is 32.1 Å². The second-order valence-electron chi connectivity index (χ2n) is 12.3. The standard InChI is InChI=1S/C40H48N2.C2H4/c1-6-22-40(23-10-9-15-35-14-8-7-12-32(35)4,24-21-33(5)42-39-26-30(2)25-31(3)27-39)38-19-17-36(18-20-38)37-16-11-13-34(28-37)29-41;1-2/h7-8,12,14,16-20,25-28,42H,5-6,9-11,13,15,21-24H2,1-4H3;1-2H2. The minimum atomic E-state index is 0.0980. The number of nitriles is 1. The van der Waals surface area contributed by atoms with E-state index in [0.717, 1.165) is 61.9 Å². The van der Waals surface area contributed by atoms with Gasteiger partial charge in [0, 0.05) is 17.0 Å². The molecule has 230 valence electrons. The molecule has 0 fully saturated rings. The van der Waals surface area contributed by atoms with Crippen molar-refractivity contribution in [1.82, 2.24) is 0 Å². The van der Waals surface area contributed by atoms with E-state index >= 15 is 0 Å². The summed E-state index contributed by atoms with van der Waals surface area (Å²) < 4.78 is 0. The van der Waals surface area contributed by atoms with Crippen LogP contribution in [0.3, 0.4) is 0 Å². The summed E-state index contributed by atoms with van der Waals surface area (Å²) in [5, 5.41) is 13.0. The minimum absolute atomic E-state index is 0.0980. The van der Waals surface area contributed by atoms with Crippen molar-refractivity contribution in [1.29, 1.82) is 5.26 Å². The van der Waals surface area contributed by atoms with Crippen molar-refractivity contribution < 1.29 is 0 Å². The van der Waals surface area contributed by atoms with E-state index in [2.05, 4.69) is 138 Å². The predicted octanol–water partition coefficient (Wildman–Crippen LogP) is 11.9. The molecule has 2 heteroatoms. The molecule has 0 radical (unpaired) electrons. The first-order valence-electron chi connectivity index (χ1n) is 16.3. The number of rotatable bonds is 14. The van der Waals surface area contributed by atoms with Crippen LogP contribution in [-0.4, -0.2) is 0 Å². The van der Waals surface area contributed by atoms with Crippen molar-refractivity contribution in [2.75, 3.05) is 5.32 Å². The highest BCUT2D eigenvalue weighted by atomic mass is 14.9. The molecule has 1 atom stereocenters. The van der Waals surface area contributed by atoms with Crippen molar-refractivity contribution in [2.24, 2.45) is 0 Å². The van der Waals surface area contributed by atoms with Gasteiger partial charge in [-0.15, -0.1) is 13.2 Å². The Morgan fingerprint density at radius 2 is 1.61 bits per heavy atom. The topological polar surface area (TPSA) is 35.8 Å². The molecule has 1 aliphatic rings. The largest absolute Gasteiger partial charge is 0.359 e. The number of benzene rings is 3. The Labute approximate surface area is 267 Å². The number of hydrogen-bond donors (Lipinski definition) is 1. The first kappa shape index (κ1) is 34.4. The molecule has 4 rings (SSSR count). The molecule has 1 aliphatic carbocycles. The first-order valence-corrected chi connectivity index (χ1v) is 16.3. The summed E-state index contributed by atoms with van der Waals surface area (Å²) in [5.41, 5.74) is 12.4. The number of allylic oxidation sites excluding steroid dienone is 5. The molecule has 1 unspecified atom stereocenters. The van der Waals surface area contributed by atoms with Gasteiger partial charge in [0.25, 0.3) is 0 Å². The highest BCUT2D eigenvalue weighted by molar-refractivity contribution is 5.76. The summed E-state index contributed by atoms with van der Waals surface area (Å²) >= 11 is 0. The average Bonchev–Trinajstić information content (AvgIpc) is 3.03. The van der Waals surface area contributed by atoms with Gasteiger partial charge in [-0.25, -0.2) is 0 Å². The number of unbranched alkanes of at least 4 members (excludes halogenated alkanes) is 1. The summed E-state index contributed by atoms with van der Waals surface area (Å²) in [6.07, 6.45) is 15.1. The molecule has 0 bridgehead atoms. The Morgan fingerprint density at radius 1 is 0.909 bits per heavy atom. The Bertz CT molecular complexity index is 1460. The minimum Gasteiger partial charge on any atom is -0.359 e. The molecule has 1 N–H and O–H groups in total. The van der Waals surface area contributed by atoms with Crippen LogP contribution in [0.15, 0.2) is 110 Å². The molecule has 44 heavy (non-hydrogen) atoms. The molecule has 3 aromatic rings. The van der Waals surface area contributed by atoms with Crippen molar-refractivity contribution in [2.45, 2.75) is 97.3 Å². The maximum Gasteiger partial charge on any atom is 0.0947 e. The predicted molar refractivity (Wildman–Crippen MR) is 192 cm³/mol. The fraction of sp³-hybridized carbons (Fsp3) is 0.357. The summed E-state index contributed by atoms with van der Waals surface area (Å²) in [6, 6.07) is 27.0. The van der Waals surface area contributed by atoms with E-state index < -0.39 is 0 Å². The number of nitrogens with zero attached hydrogens (tertiary/aromatic N) is 1. The molecule has 0 spiro atoms. The molecule has 0 aromatic heterocycles. The quantitative estimate of drug-likeness (QED) is 0.151. The fourth-order valence-corrected chi connectivity index (χ4v) is 6.67. The summed E-state index contributed by atoms with van der Waals surface area (Å²) in [4.78, 5) is 0. The van der Waals surface area contributed by atoms with Crippen molar-refractivity contribution in [3.63, 3.8) is 0 Å². The second-order valence-corrected chi connectivity index (χ2v) is 12.3. The van der Waals surface area contributed by atoms with Crippen molar-refractivity contribution in [3.8, 4) is 6.07 Å². The third kappa shape index (κ3) is 9.72. The zero-order valence-electron chi connectivity index (χ0n) is 27.6. The van der Waals surface area contributed by atoms with Crippen LogP contribution in [0.1, 0.15) is 98.1 Å². The molecular weight excluding hydrogens is 532 g/mol. The summed E-state index contributed by atoms with van der Waals surface area (Å²) in [6.45, 7) is 19.3. The van der Waals surface area contributed by atoms with Gasteiger partial charge in [0.05, 0.1) is 6.07 Å². The number of anilines is 1. The molecule has 0 aliphatic heterocycles. The Balaban J connectivity index is 0.00000259. The van der Waals surface area contributed by atoms with Crippen LogP contribution in [-0.2, 0) is 11.8 Å². The first-order chi connectivity index (χ1) is 21.3. The van der Waals surface area contributed by atoms with E-state index in [9.17, 15) is 5.26 Å². The lowest BCUT2D eigenvalue weighted by Crippen LogP contribution is -2.27. The van der Waals surface area contributed by atoms with Gasteiger partial charge in [-0.1, -0.05) is 87.0 Å². The van der Waals surface area contributed by atoms with Gasteiger partial charge in [-0.2, -0.15) is 5.26 Å². The highest BCUT2D eigenvalue weighted by Gasteiger charge is 2.31. The molecule has 2 nitrogen and oxygen atoms in total. The zero-order chi connectivity index (χ0) is 32.0. The third-order valence-electron chi connectivity index (χ3n) is 8.87. The average molecular weight is 585 g/mol. The van der Waals surface area contributed by atoms with E-state index in [-0.39, 0.29) is 5.41 Å². The lowest BCUT2D eigenvalue weighted by atomic mass is 9.69. The van der Waals surface area contributed by atoms with Crippen LogP contribution in [0.2, 0.25) is 0 Å². The maximum absolute atomic E-state index is 9.42. The van der Waals surface area contributed by atoms with Gasteiger partial charge in [0.15, 0.2) is 0 Å². The van der Waals surface area contributed by atoms with Gasteiger partial charge in [-0.05, 0) is 135 Å². The number of aryl methyl sites for hydroxylation is 4. The second kappa shape index (κ2) is 17.3. The van der Waals surface area contributed by atoms with Crippen LogP contribution in [0.5, 0.6) is 0 Å². The van der Waals surface area contributed by atoms with Crippen LogP contribution >= 0.6 is 0 Å². The maximum atomic E-state index is 9.42. The summed E-state index contributed by atoms with van der Waals surface area (Å²) in [7, 11) is 0. The molecule has 3 aromatic carbocycles. The smallest absolute Gasteiger partial charge is 0.0947 e.